The molecule has 0 saturated carbocycles. The molecule has 102 valence electrons. The number of ether oxygens (including phenoxy) is 3. The molecule has 0 aliphatic carbocycles. The Balaban J connectivity index is 2.65. The van der Waals surface area contributed by atoms with E-state index >= 15 is 0 Å². The van der Waals surface area contributed by atoms with Crippen molar-refractivity contribution in [2.24, 2.45) is 0 Å². The molecule has 1 aromatic rings. The number of methoxy groups -OCH3 is 2. The Hall–Kier alpha value is -1.40. The molecule has 1 N–H and O–H groups in total. The fourth-order valence-electron chi connectivity index (χ4n) is 1.43. The van der Waals surface area contributed by atoms with Crippen molar-refractivity contribution >= 4 is 0 Å². The monoisotopic (exact) mass is 262 g/mol. The van der Waals surface area contributed by atoms with Gasteiger partial charge in [0.1, 0.15) is 12.7 Å². The van der Waals surface area contributed by atoms with Crippen molar-refractivity contribution in [3.8, 4) is 11.5 Å². The molecule has 0 heterocycles. The maximum absolute atomic E-state index is 11.9. The summed E-state index contributed by atoms with van der Waals surface area (Å²) in [5.74, 6) is 0.991. The topological polar surface area (TPSA) is 47.9 Å². The van der Waals surface area contributed by atoms with Crippen LogP contribution in [0.2, 0.25) is 0 Å². The SMILES string of the molecule is COc1ccc(C(O)COCC(F)F)cc1OC. The minimum absolute atomic E-state index is 0.195. The largest absolute Gasteiger partial charge is 0.493 e. The molecular weight excluding hydrogens is 246 g/mol. The molecule has 1 aromatic carbocycles. The van der Waals surface area contributed by atoms with Crippen molar-refractivity contribution in [3.05, 3.63) is 23.8 Å². The van der Waals surface area contributed by atoms with E-state index in [2.05, 4.69) is 4.74 Å². The highest BCUT2D eigenvalue weighted by Crippen LogP contribution is 2.29. The predicted molar refractivity (Wildman–Crippen MR) is 61.3 cm³/mol. The quantitative estimate of drug-likeness (QED) is 0.816. The Labute approximate surface area is 104 Å². The lowest BCUT2D eigenvalue weighted by atomic mass is 10.1. The first kappa shape index (κ1) is 14.7. The van der Waals surface area contributed by atoms with Crippen molar-refractivity contribution in [2.75, 3.05) is 27.4 Å². The molecule has 0 saturated heterocycles. The van der Waals surface area contributed by atoms with Crippen LogP contribution in [-0.2, 0) is 4.74 Å². The van der Waals surface area contributed by atoms with Gasteiger partial charge in [-0.1, -0.05) is 6.07 Å². The van der Waals surface area contributed by atoms with Crippen LogP contribution in [0.25, 0.3) is 0 Å². The summed E-state index contributed by atoms with van der Waals surface area (Å²) >= 11 is 0. The van der Waals surface area contributed by atoms with Gasteiger partial charge in [-0.05, 0) is 17.7 Å². The molecule has 0 aliphatic heterocycles. The molecule has 1 rings (SSSR count). The van der Waals surface area contributed by atoms with Crippen LogP contribution in [0.3, 0.4) is 0 Å². The number of alkyl halides is 2. The fraction of sp³-hybridized carbons (Fsp3) is 0.500. The fourth-order valence-corrected chi connectivity index (χ4v) is 1.43. The molecule has 1 atom stereocenters. The summed E-state index contributed by atoms with van der Waals surface area (Å²) in [5.41, 5.74) is 0.516. The maximum Gasteiger partial charge on any atom is 0.261 e. The zero-order valence-electron chi connectivity index (χ0n) is 10.2. The van der Waals surface area contributed by atoms with Crippen LogP contribution >= 0.6 is 0 Å². The van der Waals surface area contributed by atoms with Crippen LogP contribution in [0, 0.1) is 0 Å². The van der Waals surface area contributed by atoms with E-state index in [4.69, 9.17) is 9.47 Å². The van der Waals surface area contributed by atoms with Gasteiger partial charge in [-0.15, -0.1) is 0 Å². The minimum atomic E-state index is -2.54. The van der Waals surface area contributed by atoms with Gasteiger partial charge in [-0.25, -0.2) is 8.78 Å². The lowest BCUT2D eigenvalue weighted by Crippen LogP contribution is -2.12. The number of hydrogen-bond donors (Lipinski definition) is 1. The van der Waals surface area contributed by atoms with E-state index in [1.807, 2.05) is 0 Å². The van der Waals surface area contributed by atoms with Crippen LogP contribution in [0.5, 0.6) is 11.5 Å². The Kier molecular flexibility index (Phi) is 5.80. The second-order valence-electron chi connectivity index (χ2n) is 3.56. The highest BCUT2D eigenvalue weighted by Gasteiger charge is 2.13. The summed E-state index contributed by atoms with van der Waals surface area (Å²) in [6.07, 6.45) is -3.52. The van der Waals surface area contributed by atoms with E-state index in [0.29, 0.717) is 17.1 Å². The van der Waals surface area contributed by atoms with E-state index in [9.17, 15) is 13.9 Å². The predicted octanol–water partition coefficient (Wildman–Crippen LogP) is 2.02. The van der Waals surface area contributed by atoms with Crippen LogP contribution in [-0.4, -0.2) is 39.0 Å². The molecule has 0 amide bonds. The van der Waals surface area contributed by atoms with Crippen molar-refractivity contribution in [2.45, 2.75) is 12.5 Å². The smallest absolute Gasteiger partial charge is 0.261 e. The first-order valence-electron chi connectivity index (χ1n) is 5.34. The third kappa shape index (κ3) is 4.12. The van der Waals surface area contributed by atoms with Gasteiger partial charge in [-0.3, -0.25) is 0 Å². The summed E-state index contributed by atoms with van der Waals surface area (Å²) in [6, 6.07) is 4.83. The van der Waals surface area contributed by atoms with Gasteiger partial charge in [-0.2, -0.15) is 0 Å². The highest BCUT2D eigenvalue weighted by atomic mass is 19.3. The molecule has 18 heavy (non-hydrogen) atoms. The summed E-state index contributed by atoms with van der Waals surface area (Å²) in [4.78, 5) is 0. The van der Waals surface area contributed by atoms with Crippen LogP contribution < -0.4 is 9.47 Å². The van der Waals surface area contributed by atoms with Crippen LogP contribution in [0.15, 0.2) is 18.2 Å². The van der Waals surface area contributed by atoms with E-state index < -0.39 is 19.1 Å². The molecule has 1 unspecified atom stereocenters. The minimum Gasteiger partial charge on any atom is -0.493 e. The van der Waals surface area contributed by atoms with E-state index in [1.54, 1.807) is 18.2 Å². The second kappa shape index (κ2) is 7.13. The standard InChI is InChI=1S/C12H16F2O4/c1-16-10-4-3-8(5-11(10)17-2)9(15)6-18-7-12(13)14/h3-5,9,12,15H,6-7H2,1-2H3. The molecular formula is C12H16F2O4. The van der Waals surface area contributed by atoms with Gasteiger partial charge in [0.25, 0.3) is 6.43 Å². The number of rotatable bonds is 7. The maximum atomic E-state index is 11.9. The summed E-state index contributed by atoms with van der Waals surface area (Å²) in [6.45, 7) is -0.885. The average Bonchev–Trinajstić information content (AvgIpc) is 2.37. The first-order valence-corrected chi connectivity index (χ1v) is 5.34. The Morgan fingerprint density at radius 3 is 2.33 bits per heavy atom. The van der Waals surface area contributed by atoms with Gasteiger partial charge < -0.3 is 19.3 Å². The van der Waals surface area contributed by atoms with Gasteiger partial charge in [0, 0.05) is 0 Å². The molecule has 0 spiro atoms. The van der Waals surface area contributed by atoms with Crippen molar-refractivity contribution in [3.63, 3.8) is 0 Å². The van der Waals surface area contributed by atoms with Crippen molar-refractivity contribution in [1.82, 2.24) is 0 Å². The molecule has 0 aromatic heterocycles. The molecule has 0 fully saturated rings. The zero-order chi connectivity index (χ0) is 13.5. The zero-order valence-corrected chi connectivity index (χ0v) is 10.2. The number of halogens is 2. The normalized spacial score (nSPS) is 12.6. The molecule has 6 heteroatoms. The van der Waals surface area contributed by atoms with Crippen molar-refractivity contribution in [1.29, 1.82) is 0 Å². The van der Waals surface area contributed by atoms with Gasteiger partial charge in [0.05, 0.1) is 20.8 Å². The van der Waals surface area contributed by atoms with Gasteiger partial charge in [0.2, 0.25) is 0 Å². The lowest BCUT2D eigenvalue weighted by molar-refractivity contribution is -0.0204. The Bertz CT molecular complexity index is 371. The van der Waals surface area contributed by atoms with Gasteiger partial charge >= 0.3 is 0 Å². The molecule has 0 radical (unpaired) electrons. The first-order chi connectivity index (χ1) is 8.58. The Morgan fingerprint density at radius 2 is 1.78 bits per heavy atom. The summed E-state index contributed by atoms with van der Waals surface area (Å²) < 4.78 is 38.5. The average molecular weight is 262 g/mol. The number of aliphatic hydroxyl groups excluding tert-OH is 1. The Morgan fingerprint density at radius 1 is 1.11 bits per heavy atom. The number of hydrogen-bond acceptors (Lipinski definition) is 4. The molecule has 0 aliphatic rings. The lowest BCUT2D eigenvalue weighted by Gasteiger charge is -2.14. The highest BCUT2D eigenvalue weighted by molar-refractivity contribution is 5.43. The summed E-state index contributed by atoms with van der Waals surface area (Å²) in [7, 11) is 2.97. The van der Waals surface area contributed by atoms with Crippen molar-refractivity contribution < 1.29 is 28.1 Å². The van der Waals surface area contributed by atoms with E-state index in [1.165, 1.54) is 14.2 Å². The molecule has 0 bridgehead atoms. The van der Waals surface area contributed by atoms with E-state index in [0.717, 1.165) is 0 Å². The molecule has 4 nitrogen and oxygen atoms in total. The summed E-state index contributed by atoms with van der Waals surface area (Å²) in [5, 5.41) is 9.75. The third-order valence-corrected chi connectivity index (χ3v) is 2.31. The van der Waals surface area contributed by atoms with Crippen LogP contribution in [0.1, 0.15) is 11.7 Å². The van der Waals surface area contributed by atoms with Crippen LogP contribution in [0.4, 0.5) is 8.78 Å². The third-order valence-electron chi connectivity index (χ3n) is 2.31. The number of benzene rings is 1. The van der Waals surface area contributed by atoms with Gasteiger partial charge in [0.15, 0.2) is 11.5 Å². The second-order valence-corrected chi connectivity index (χ2v) is 3.56. The number of aliphatic hydroxyl groups is 1. The van der Waals surface area contributed by atoms with E-state index in [-0.39, 0.29) is 6.61 Å².